The van der Waals surface area contributed by atoms with E-state index in [1.807, 2.05) is 57.2 Å². The van der Waals surface area contributed by atoms with Crippen molar-refractivity contribution >= 4 is 57.0 Å². The number of alkyl carbamates (subject to hydrolysis) is 1. The summed E-state index contributed by atoms with van der Waals surface area (Å²) in [5.74, 6) is 0.0413. The molecule has 1 aromatic heterocycles. The molecule has 214 valence electrons. The average molecular weight is 590 g/mol. The first-order valence-electron chi connectivity index (χ1n) is 14.1. The number of fused-ring (bicyclic) bond motifs is 2. The number of carbonyl (C=O) groups excluding carboxylic acids is 2. The van der Waals surface area contributed by atoms with Crippen LogP contribution in [0.1, 0.15) is 46.0 Å². The van der Waals surface area contributed by atoms with Crippen LogP contribution in [-0.2, 0) is 16.1 Å². The van der Waals surface area contributed by atoms with Crippen LogP contribution < -0.4 is 20.1 Å². The smallest absolute Gasteiger partial charge is 0.407 e. The standard InChI is InChI=1S/C32H36N4O3S2/c1-6-35-23-13-8-10-15-25(23)40-27(35)19-21-29(33-17-12-18-34-31(38)39-32(3,4)5)22(30(21)37)20-28-36(7-2)24-14-9-11-16-26(24)41-28/h8-11,13-16,19-20H,6-7,12,17-18H2,1-5H3,(H-,33,34,37,38)/p+1. The number of thiazole rings is 1. The lowest BCUT2D eigenvalue weighted by atomic mass is 9.85. The summed E-state index contributed by atoms with van der Waals surface area (Å²) in [5, 5.41) is 8.42. The molecule has 3 aromatic rings. The first-order chi connectivity index (χ1) is 19.7. The molecule has 0 atom stereocenters. The topological polar surface area (TPSA) is 74.5 Å². The molecule has 1 aliphatic carbocycles. The second-order valence-corrected chi connectivity index (χ2v) is 13.0. The quantitative estimate of drug-likeness (QED) is 0.171. The number of hydrogen-bond donors (Lipinski definition) is 2. The van der Waals surface area contributed by atoms with Gasteiger partial charge in [0.15, 0.2) is 5.78 Å². The summed E-state index contributed by atoms with van der Waals surface area (Å²) in [4.78, 5) is 29.1. The second kappa shape index (κ2) is 12.1. The van der Waals surface area contributed by atoms with Gasteiger partial charge in [0.2, 0.25) is 5.52 Å². The van der Waals surface area contributed by atoms with Gasteiger partial charge in [-0.3, -0.25) is 4.79 Å². The summed E-state index contributed by atoms with van der Waals surface area (Å²) in [5.41, 5.74) is 4.04. The fraction of sp³-hybridized carbons (Fsp3) is 0.344. The Morgan fingerprint density at radius 3 is 2.56 bits per heavy atom. The third-order valence-corrected chi connectivity index (χ3v) is 9.02. The zero-order valence-electron chi connectivity index (χ0n) is 24.2. The molecule has 9 heteroatoms. The van der Waals surface area contributed by atoms with Crippen LogP contribution in [0.5, 0.6) is 0 Å². The number of ether oxygens (including phenoxy) is 1. The van der Waals surface area contributed by atoms with Crippen molar-refractivity contribution in [1.29, 1.82) is 0 Å². The highest BCUT2D eigenvalue weighted by atomic mass is 32.2. The lowest BCUT2D eigenvalue weighted by molar-refractivity contribution is -0.665. The highest BCUT2D eigenvalue weighted by Crippen LogP contribution is 2.47. The molecule has 2 aromatic carbocycles. The highest BCUT2D eigenvalue weighted by molar-refractivity contribution is 8.03. The fourth-order valence-corrected chi connectivity index (χ4v) is 7.29. The number of allylic oxidation sites excluding steroid dienone is 3. The Bertz CT molecular complexity index is 1580. The van der Waals surface area contributed by atoms with E-state index in [9.17, 15) is 9.59 Å². The van der Waals surface area contributed by atoms with Crippen molar-refractivity contribution in [3.8, 4) is 0 Å². The number of aryl methyl sites for hydroxylation is 1. The lowest BCUT2D eigenvalue weighted by Gasteiger charge is -2.26. The van der Waals surface area contributed by atoms with Crippen molar-refractivity contribution in [3.05, 3.63) is 81.5 Å². The van der Waals surface area contributed by atoms with E-state index >= 15 is 0 Å². The van der Waals surface area contributed by atoms with Gasteiger partial charge in [0, 0.05) is 42.2 Å². The molecular formula is C32H37N4O3S2+. The van der Waals surface area contributed by atoms with E-state index in [-0.39, 0.29) is 5.78 Å². The molecule has 0 unspecified atom stereocenters. The van der Waals surface area contributed by atoms with Crippen molar-refractivity contribution in [2.75, 3.05) is 24.5 Å². The van der Waals surface area contributed by atoms with Crippen LogP contribution >= 0.6 is 23.1 Å². The van der Waals surface area contributed by atoms with E-state index in [2.05, 4.69) is 58.2 Å². The third kappa shape index (κ3) is 6.21. The average Bonchev–Trinajstić information content (AvgIpc) is 3.48. The Morgan fingerprint density at radius 2 is 1.80 bits per heavy atom. The number of para-hydroxylation sites is 2. The van der Waals surface area contributed by atoms with Gasteiger partial charge in [0.05, 0.1) is 22.0 Å². The summed E-state index contributed by atoms with van der Waals surface area (Å²) >= 11 is 3.39. The monoisotopic (exact) mass is 589 g/mol. The van der Waals surface area contributed by atoms with Crippen molar-refractivity contribution in [2.24, 2.45) is 0 Å². The third-order valence-electron chi connectivity index (χ3n) is 6.79. The number of anilines is 1. The predicted octanol–water partition coefficient (Wildman–Crippen LogP) is 6.41. The predicted molar refractivity (Wildman–Crippen MR) is 168 cm³/mol. The van der Waals surface area contributed by atoms with E-state index < -0.39 is 11.7 Å². The van der Waals surface area contributed by atoms with Crippen molar-refractivity contribution < 1.29 is 18.9 Å². The number of aromatic nitrogens is 1. The Hall–Kier alpha value is -3.56. The van der Waals surface area contributed by atoms with Crippen LogP contribution in [0.15, 0.2) is 81.4 Å². The van der Waals surface area contributed by atoms with Crippen LogP contribution in [0.25, 0.3) is 16.3 Å². The summed E-state index contributed by atoms with van der Waals surface area (Å²) in [6.45, 7) is 12.5. The normalized spacial score (nSPS) is 16.9. The van der Waals surface area contributed by atoms with Crippen molar-refractivity contribution in [1.82, 2.24) is 10.6 Å². The fourth-order valence-electron chi connectivity index (χ4n) is 4.95. The number of carbonyl (C=O) groups is 2. The SMILES string of the molecule is CCN1C(=CC2=C(NCCCNC(=O)OC(C)(C)C)C(=Cc3sc4ccccc4[n+]3CC)C2=O)Sc2ccccc21. The molecule has 5 rings (SSSR count). The number of nitrogens with one attached hydrogen (secondary N) is 2. The molecule has 0 saturated carbocycles. The van der Waals surface area contributed by atoms with Gasteiger partial charge >= 0.3 is 6.09 Å². The van der Waals surface area contributed by atoms with Gasteiger partial charge in [0.25, 0.3) is 5.01 Å². The van der Waals surface area contributed by atoms with Gasteiger partial charge in [-0.05, 0) is 65.3 Å². The summed E-state index contributed by atoms with van der Waals surface area (Å²) < 4.78 is 8.78. The molecule has 0 fully saturated rings. The maximum absolute atomic E-state index is 13.6. The Labute approximate surface area is 250 Å². The minimum absolute atomic E-state index is 0.0413. The number of rotatable bonds is 9. The number of ketones is 1. The highest BCUT2D eigenvalue weighted by Gasteiger charge is 2.35. The molecule has 0 bridgehead atoms. The van der Waals surface area contributed by atoms with Crippen LogP contribution in [0.2, 0.25) is 0 Å². The summed E-state index contributed by atoms with van der Waals surface area (Å²) in [7, 11) is 0. The number of nitrogens with zero attached hydrogens (tertiary/aromatic N) is 2. The Kier molecular flexibility index (Phi) is 8.56. The molecule has 2 heterocycles. The van der Waals surface area contributed by atoms with Gasteiger partial charge < -0.3 is 20.3 Å². The molecule has 0 radical (unpaired) electrons. The molecule has 1 aliphatic heterocycles. The second-order valence-electron chi connectivity index (χ2n) is 10.8. The molecule has 7 nitrogen and oxygen atoms in total. The van der Waals surface area contributed by atoms with Gasteiger partial charge in [-0.25, -0.2) is 4.79 Å². The Balaban J connectivity index is 1.41. The number of thioether (sulfide) groups is 1. The van der Waals surface area contributed by atoms with E-state index in [0.29, 0.717) is 30.7 Å². The molecule has 41 heavy (non-hydrogen) atoms. The van der Waals surface area contributed by atoms with E-state index in [1.165, 1.54) is 20.8 Å². The van der Waals surface area contributed by atoms with E-state index in [0.717, 1.165) is 28.8 Å². The van der Waals surface area contributed by atoms with E-state index in [4.69, 9.17) is 4.74 Å². The molecule has 0 saturated heterocycles. The summed E-state index contributed by atoms with van der Waals surface area (Å²) in [6, 6.07) is 16.7. The zero-order chi connectivity index (χ0) is 29.1. The number of hydrogen-bond acceptors (Lipinski definition) is 7. The maximum Gasteiger partial charge on any atom is 0.407 e. The van der Waals surface area contributed by atoms with Crippen molar-refractivity contribution in [3.63, 3.8) is 0 Å². The molecular weight excluding hydrogens is 553 g/mol. The Morgan fingerprint density at radius 1 is 1.05 bits per heavy atom. The molecule has 2 aliphatic rings. The van der Waals surface area contributed by atoms with Crippen LogP contribution in [0, 0.1) is 0 Å². The van der Waals surface area contributed by atoms with Gasteiger partial charge in [-0.2, -0.15) is 4.57 Å². The number of benzene rings is 2. The molecule has 1 amide bonds. The largest absolute Gasteiger partial charge is 0.444 e. The molecule has 0 spiro atoms. The number of Topliss-reactive ketones (excluding diaryl/α,β-unsaturated/α-hetero) is 1. The van der Waals surface area contributed by atoms with Gasteiger partial charge in [-0.15, -0.1) is 0 Å². The van der Waals surface area contributed by atoms with Crippen LogP contribution in [0.4, 0.5) is 10.5 Å². The van der Waals surface area contributed by atoms with Gasteiger partial charge in [0.1, 0.15) is 16.8 Å². The maximum atomic E-state index is 13.6. The lowest BCUT2D eigenvalue weighted by Crippen LogP contribution is -2.36. The van der Waals surface area contributed by atoms with Crippen molar-refractivity contribution in [2.45, 2.75) is 58.1 Å². The summed E-state index contributed by atoms with van der Waals surface area (Å²) in [6.07, 6.45) is 4.31. The number of amides is 1. The van der Waals surface area contributed by atoms with E-state index in [1.54, 1.807) is 23.1 Å². The van der Waals surface area contributed by atoms with Gasteiger partial charge in [-0.1, -0.05) is 47.4 Å². The van der Waals surface area contributed by atoms with Crippen LogP contribution in [0.3, 0.4) is 0 Å². The first-order valence-corrected chi connectivity index (χ1v) is 15.7. The van der Waals surface area contributed by atoms with Crippen LogP contribution in [-0.4, -0.2) is 37.1 Å². The first kappa shape index (κ1) is 29.0. The minimum Gasteiger partial charge on any atom is -0.444 e. The zero-order valence-corrected chi connectivity index (χ0v) is 25.9. The minimum atomic E-state index is -0.534. The molecule has 2 N–H and O–H groups in total.